The summed E-state index contributed by atoms with van der Waals surface area (Å²) in [4.78, 5) is 22.8. The molecule has 1 aliphatic carbocycles. The van der Waals surface area contributed by atoms with Gasteiger partial charge in [-0.25, -0.2) is 0 Å². The van der Waals surface area contributed by atoms with E-state index in [1.807, 2.05) is 13.8 Å². The van der Waals surface area contributed by atoms with Crippen molar-refractivity contribution in [1.29, 1.82) is 0 Å². The number of carbonyl (C=O) groups excluding carboxylic acids is 2. The van der Waals surface area contributed by atoms with E-state index in [0.29, 0.717) is 12.8 Å². The van der Waals surface area contributed by atoms with Crippen molar-refractivity contribution in [2.24, 2.45) is 0 Å². The van der Waals surface area contributed by atoms with Crippen LogP contribution in [0.25, 0.3) is 0 Å². The maximum absolute atomic E-state index is 11.4. The SMILES string of the molecule is CCCC(=O)O[C@@H]1CCC[C@H]1OC(=O)CCC. The number of ether oxygens (including phenoxy) is 2. The van der Waals surface area contributed by atoms with Crippen molar-refractivity contribution in [3.63, 3.8) is 0 Å². The first-order chi connectivity index (χ1) is 8.17. The molecule has 17 heavy (non-hydrogen) atoms. The Morgan fingerprint density at radius 2 is 1.35 bits per heavy atom. The molecule has 0 aromatic rings. The lowest BCUT2D eigenvalue weighted by molar-refractivity contribution is -0.165. The van der Waals surface area contributed by atoms with Gasteiger partial charge in [-0.2, -0.15) is 0 Å². The topological polar surface area (TPSA) is 52.6 Å². The average molecular weight is 242 g/mol. The summed E-state index contributed by atoms with van der Waals surface area (Å²) in [6.45, 7) is 3.88. The molecule has 0 amide bonds. The van der Waals surface area contributed by atoms with Gasteiger partial charge in [0.15, 0.2) is 0 Å². The minimum absolute atomic E-state index is 0.184. The molecule has 1 fully saturated rings. The van der Waals surface area contributed by atoms with Crippen LogP contribution in [0, 0.1) is 0 Å². The van der Waals surface area contributed by atoms with Gasteiger partial charge in [-0.1, -0.05) is 13.8 Å². The predicted octanol–water partition coefficient (Wildman–Crippen LogP) is 2.59. The average Bonchev–Trinajstić information content (AvgIpc) is 2.66. The third-order valence-corrected chi connectivity index (χ3v) is 2.87. The summed E-state index contributed by atoms with van der Waals surface area (Å²) in [5.74, 6) is -0.369. The van der Waals surface area contributed by atoms with Gasteiger partial charge in [0.25, 0.3) is 0 Å². The van der Waals surface area contributed by atoms with Crippen molar-refractivity contribution < 1.29 is 19.1 Å². The molecule has 0 aromatic heterocycles. The second-order valence-corrected chi connectivity index (χ2v) is 4.49. The Kier molecular flexibility index (Phi) is 6.01. The molecule has 0 N–H and O–H groups in total. The molecule has 0 saturated heterocycles. The Bertz CT molecular complexity index is 236. The lowest BCUT2D eigenvalue weighted by Crippen LogP contribution is -2.30. The zero-order valence-corrected chi connectivity index (χ0v) is 10.7. The molecule has 4 heteroatoms. The van der Waals surface area contributed by atoms with E-state index in [9.17, 15) is 9.59 Å². The summed E-state index contributed by atoms with van der Waals surface area (Å²) >= 11 is 0. The second kappa shape index (κ2) is 7.30. The van der Waals surface area contributed by atoms with Crippen LogP contribution in [-0.2, 0) is 19.1 Å². The molecule has 0 bridgehead atoms. The predicted molar refractivity (Wildman–Crippen MR) is 63.4 cm³/mol. The quantitative estimate of drug-likeness (QED) is 0.672. The molecule has 4 nitrogen and oxygen atoms in total. The zero-order valence-electron chi connectivity index (χ0n) is 10.7. The Balaban J connectivity index is 2.38. The zero-order chi connectivity index (χ0) is 12.7. The highest BCUT2D eigenvalue weighted by atomic mass is 16.6. The normalized spacial score (nSPS) is 23.4. The minimum atomic E-state index is -0.227. The fraction of sp³-hybridized carbons (Fsp3) is 0.846. The number of carbonyl (C=O) groups is 2. The van der Waals surface area contributed by atoms with Crippen LogP contribution in [0.2, 0.25) is 0 Å². The van der Waals surface area contributed by atoms with Gasteiger partial charge in [0.1, 0.15) is 12.2 Å². The highest BCUT2D eigenvalue weighted by molar-refractivity contribution is 5.70. The molecule has 0 radical (unpaired) electrons. The minimum Gasteiger partial charge on any atom is -0.458 e. The standard InChI is InChI=1S/C13H22O4/c1-3-6-12(14)16-10-8-5-9-11(10)17-13(15)7-4-2/h10-11H,3-9H2,1-2H3/t10-,11-/m1/s1. The lowest BCUT2D eigenvalue weighted by atomic mass is 10.2. The van der Waals surface area contributed by atoms with Gasteiger partial charge in [0.05, 0.1) is 0 Å². The third-order valence-electron chi connectivity index (χ3n) is 2.87. The van der Waals surface area contributed by atoms with Crippen molar-refractivity contribution >= 4 is 11.9 Å². The third kappa shape index (κ3) is 4.75. The van der Waals surface area contributed by atoms with Crippen LogP contribution in [0.1, 0.15) is 58.8 Å². The summed E-state index contributed by atoms with van der Waals surface area (Å²) < 4.78 is 10.7. The Morgan fingerprint density at radius 1 is 0.941 bits per heavy atom. The largest absolute Gasteiger partial charge is 0.458 e. The van der Waals surface area contributed by atoms with Gasteiger partial charge < -0.3 is 9.47 Å². The molecule has 0 aliphatic heterocycles. The first-order valence-electron chi connectivity index (χ1n) is 6.56. The van der Waals surface area contributed by atoms with Gasteiger partial charge in [-0.15, -0.1) is 0 Å². The van der Waals surface area contributed by atoms with E-state index in [1.54, 1.807) is 0 Å². The summed E-state index contributed by atoms with van der Waals surface area (Å²) in [5.41, 5.74) is 0. The van der Waals surface area contributed by atoms with Crippen LogP contribution in [-0.4, -0.2) is 24.1 Å². The highest BCUT2D eigenvalue weighted by Gasteiger charge is 2.33. The van der Waals surface area contributed by atoms with Gasteiger partial charge in [0.2, 0.25) is 0 Å². The number of rotatable bonds is 6. The number of hydrogen-bond acceptors (Lipinski definition) is 4. The molecule has 98 valence electrons. The molecule has 0 aromatic carbocycles. The van der Waals surface area contributed by atoms with Crippen LogP contribution in [0.4, 0.5) is 0 Å². The maximum Gasteiger partial charge on any atom is 0.306 e. The van der Waals surface area contributed by atoms with Crippen molar-refractivity contribution in [3.8, 4) is 0 Å². The highest BCUT2D eigenvalue weighted by Crippen LogP contribution is 2.26. The van der Waals surface area contributed by atoms with Gasteiger partial charge in [-0.3, -0.25) is 9.59 Å². The van der Waals surface area contributed by atoms with Crippen LogP contribution in [0.3, 0.4) is 0 Å². The molecule has 1 rings (SSSR count). The van der Waals surface area contributed by atoms with E-state index in [-0.39, 0.29) is 24.1 Å². The van der Waals surface area contributed by atoms with E-state index < -0.39 is 0 Å². The van der Waals surface area contributed by atoms with Gasteiger partial charge in [-0.05, 0) is 32.1 Å². The van der Waals surface area contributed by atoms with Crippen LogP contribution in [0.15, 0.2) is 0 Å². The molecular weight excluding hydrogens is 220 g/mol. The van der Waals surface area contributed by atoms with Crippen molar-refractivity contribution in [2.45, 2.75) is 71.0 Å². The Hall–Kier alpha value is -1.06. The molecule has 0 unspecified atom stereocenters. The smallest absolute Gasteiger partial charge is 0.306 e. The van der Waals surface area contributed by atoms with E-state index in [0.717, 1.165) is 32.1 Å². The molecular formula is C13H22O4. The van der Waals surface area contributed by atoms with Crippen molar-refractivity contribution in [3.05, 3.63) is 0 Å². The molecule has 0 heterocycles. The summed E-state index contributed by atoms with van der Waals surface area (Å²) in [6.07, 6.45) is 4.55. The monoisotopic (exact) mass is 242 g/mol. The van der Waals surface area contributed by atoms with Gasteiger partial charge in [0, 0.05) is 12.8 Å². The van der Waals surface area contributed by atoms with E-state index in [4.69, 9.17) is 9.47 Å². The second-order valence-electron chi connectivity index (χ2n) is 4.49. The molecule has 1 saturated carbocycles. The number of esters is 2. The molecule has 2 atom stereocenters. The van der Waals surface area contributed by atoms with Crippen molar-refractivity contribution in [1.82, 2.24) is 0 Å². The fourth-order valence-corrected chi connectivity index (χ4v) is 2.03. The summed E-state index contributed by atoms with van der Waals surface area (Å²) in [6, 6.07) is 0. The van der Waals surface area contributed by atoms with Crippen LogP contribution >= 0.6 is 0 Å². The molecule has 0 spiro atoms. The lowest BCUT2D eigenvalue weighted by Gasteiger charge is -2.20. The Labute approximate surface area is 103 Å². The first-order valence-corrected chi connectivity index (χ1v) is 6.56. The van der Waals surface area contributed by atoms with Crippen LogP contribution in [0.5, 0.6) is 0 Å². The fourth-order valence-electron chi connectivity index (χ4n) is 2.03. The summed E-state index contributed by atoms with van der Waals surface area (Å²) in [5, 5.41) is 0. The van der Waals surface area contributed by atoms with Gasteiger partial charge >= 0.3 is 11.9 Å². The molecule has 1 aliphatic rings. The Morgan fingerprint density at radius 3 is 1.71 bits per heavy atom. The first kappa shape index (κ1) is 14.0. The summed E-state index contributed by atoms with van der Waals surface area (Å²) in [7, 11) is 0. The van der Waals surface area contributed by atoms with Crippen LogP contribution < -0.4 is 0 Å². The van der Waals surface area contributed by atoms with E-state index in [2.05, 4.69) is 0 Å². The number of hydrogen-bond donors (Lipinski definition) is 0. The van der Waals surface area contributed by atoms with E-state index >= 15 is 0 Å². The maximum atomic E-state index is 11.4. The van der Waals surface area contributed by atoms with E-state index in [1.165, 1.54) is 0 Å². The van der Waals surface area contributed by atoms with Crippen molar-refractivity contribution in [2.75, 3.05) is 0 Å².